The summed E-state index contributed by atoms with van der Waals surface area (Å²) in [6.45, 7) is 4.55. The van der Waals surface area contributed by atoms with Gasteiger partial charge in [-0.1, -0.05) is 269 Å². The van der Waals surface area contributed by atoms with Crippen molar-refractivity contribution >= 4 is 43.3 Å². The average Bonchev–Trinajstić information content (AvgIpc) is 3.22. The predicted octanol–water partition coefficient (Wildman–Crippen LogP) is 16.0. The summed E-state index contributed by atoms with van der Waals surface area (Å²) < 4.78 is 67.7. The van der Waals surface area contributed by atoms with E-state index < -0.39 is 20.2 Å². The van der Waals surface area contributed by atoms with Gasteiger partial charge >= 0.3 is 23.1 Å². The Kier molecular flexibility index (Phi) is 41.0. The van der Waals surface area contributed by atoms with Gasteiger partial charge in [0, 0.05) is 0 Å². The van der Waals surface area contributed by atoms with Crippen molar-refractivity contribution in [3.8, 4) is 0 Å². The second kappa shape index (κ2) is 41.7. The monoisotopic (exact) mass is 899 g/mol. The normalized spacial score (nSPS) is 11.6. The SMILES string of the molecule is CCCCCCCCCCCCCCCCCCCCc1ccccc1S(=O)(=O)[O-].CCCCCCCCCCCCCCCCCCCCc1ccccc1S(=O)(=O)[O-].[Mg+2]. The Balaban J connectivity index is 0.00000116. The molecule has 0 atom stereocenters. The van der Waals surface area contributed by atoms with Crippen LogP contribution in [0.15, 0.2) is 58.3 Å². The second-order valence-electron chi connectivity index (χ2n) is 17.6. The molecule has 0 amide bonds. The molecule has 2 aromatic carbocycles. The first-order valence-electron chi connectivity index (χ1n) is 25.2. The van der Waals surface area contributed by atoms with E-state index in [1.54, 1.807) is 36.4 Å². The van der Waals surface area contributed by atoms with Crippen molar-refractivity contribution in [2.75, 3.05) is 0 Å². The summed E-state index contributed by atoms with van der Waals surface area (Å²) in [5.41, 5.74) is 1.34. The summed E-state index contributed by atoms with van der Waals surface area (Å²) in [6.07, 6.45) is 49.5. The Morgan fingerprint density at radius 2 is 0.492 bits per heavy atom. The molecule has 0 saturated heterocycles. The van der Waals surface area contributed by atoms with Gasteiger partial charge in [-0.3, -0.25) is 0 Å². The Hall–Kier alpha value is -0.974. The number of hydrogen-bond donors (Lipinski definition) is 0. The first kappa shape index (κ1) is 60.0. The minimum atomic E-state index is -4.36. The van der Waals surface area contributed by atoms with Crippen molar-refractivity contribution in [2.45, 2.75) is 268 Å². The predicted molar refractivity (Wildman–Crippen MR) is 260 cm³/mol. The summed E-state index contributed by atoms with van der Waals surface area (Å²) >= 11 is 0. The van der Waals surface area contributed by atoms with Crippen LogP contribution in [0.3, 0.4) is 0 Å². The van der Waals surface area contributed by atoms with Gasteiger partial charge in [-0.05, 0) is 48.9 Å². The molecule has 0 saturated carbocycles. The molecule has 2 rings (SSSR count). The smallest absolute Gasteiger partial charge is 0.744 e. The van der Waals surface area contributed by atoms with Crippen LogP contribution in [0.25, 0.3) is 0 Å². The number of rotatable bonds is 40. The van der Waals surface area contributed by atoms with E-state index in [1.165, 1.54) is 218 Å². The van der Waals surface area contributed by atoms with E-state index in [1.807, 2.05) is 0 Å². The van der Waals surface area contributed by atoms with Crippen molar-refractivity contribution in [1.29, 1.82) is 0 Å². The first-order chi connectivity index (χ1) is 29.1. The van der Waals surface area contributed by atoms with Crippen LogP contribution >= 0.6 is 0 Å². The molecule has 2 aromatic rings. The Morgan fingerprint density at radius 3 is 0.689 bits per heavy atom. The maximum Gasteiger partial charge on any atom is 2.00 e. The summed E-state index contributed by atoms with van der Waals surface area (Å²) in [5.74, 6) is 0. The summed E-state index contributed by atoms with van der Waals surface area (Å²) in [5, 5.41) is 0. The van der Waals surface area contributed by atoms with Crippen LogP contribution in [-0.2, 0) is 33.1 Å². The molecule has 0 aliphatic carbocycles. The average molecular weight is 900 g/mol. The van der Waals surface area contributed by atoms with Crippen LogP contribution in [0, 0.1) is 0 Å². The molecule has 0 unspecified atom stereocenters. The number of hydrogen-bond acceptors (Lipinski definition) is 6. The Labute approximate surface area is 394 Å². The zero-order valence-electron chi connectivity index (χ0n) is 39.5. The molecular weight excluding hydrogens is 809 g/mol. The zero-order valence-corrected chi connectivity index (χ0v) is 42.5. The molecule has 9 heteroatoms. The number of benzene rings is 2. The minimum Gasteiger partial charge on any atom is -0.744 e. The van der Waals surface area contributed by atoms with E-state index in [9.17, 15) is 25.9 Å². The van der Waals surface area contributed by atoms with E-state index in [0.29, 0.717) is 24.0 Å². The number of unbranched alkanes of at least 4 members (excludes halogenated alkanes) is 34. The molecule has 0 aliphatic heterocycles. The van der Waals surface area contributed by atoms with Crippen molar-refractivity contribution in [3.05, 3.63) is 59.7 Å². The fourth-order valence-corrected chi connectivity index (χ4v) is 9.82. The summed E-state index contributed by atoms with van der Waals surface area (Å²) in [4.78, 5) is -0.0889. The molecule has 348 valence electrons. The second-order valence-corrected chi connectivity index (χ2v) is 20.3. The summed E-state index contributed by atoms with van der Waals surface area (Å²) in [6, 6.07) is 13.2. The van der Waals surface area contributed by atoms with E-state index in [4.69, 9.17) is 0 Å². The molecule has 0 N–H and O–H groups in total. The Bertz CT molecular complexity index is 1370. The third kappa shape index (κ3) is 36.0. The van der Waals surface area contributed by atoms with Crippen LogP contribution in [-0.4, -0.2) is 49.0 Å². The van der Waals surface area contributed by atoms with Crippen LogP contribution < -0.4 is 0 Å². The van der Waals surface area contributed by atoms with Gasteiger partial charge in [0.1, 0.15) is 20.2 Å². The van der Waals surface area contributed by atoms with Gasteiger partial charge in [0.15, 0.2) is 0 Å². The number of aryl methyl sites for hydroxylation is 2. The van der Waals surface area contributed by atoms with Gasteiger partial charge < -0.3 is 9.11 Å². The van der Waals surface area contributed by atoms with Gasteiger partial charge in [0.2, 0.25) is 0 Å². The maximum atomic E-state index is 11.3. The van der Waals surface area contributed by atoms with E-state index in [-0.39, 0.29) is 32.8 Å². The van der Waals surface area contributed by atoms with Gasteiger partial charge in [0.05, 0.1) is 9.79 Å². The zero-order chi connectivity index (χ0) is 43.8. The maximum absolute atomic E-state index is 11.3. The van der Waals surface area contributed by atoms with Crippen LogP contribution in [0.1, 0.15) is 256 Å². The topological polar surface area (TPSA) is 114 Å². The molecule has 0 radical (unpaired) electrons. The van der Waals surface area contributed by atoms with E-state index in [2.05, 4.69) is 13.8 Å². The van der Waals surface area contributed by atoms with Crippen LogP contribution in [0.5, 0.6) is 0 Å². The molecular formula is C52H90MgO6S2. The van der Waals surface area contributed by atoms with E-state index >= 15 is 0 Å². The van der Waals surface area contributed by atoms with Crippen molar-refractivity contribution in [2.24, 2.45) is 0 Å². The van der Waals surface area contributed by atoms with Gasteiger partial charge in [0.25, 0.3) is 0 Å². The molecule has 0 heterocycles. The molecule has 0 aromatic heterocycles. The third-order valence-corrected chi connectivity index (χ3v) is 14.0. The van der Waals surface area contributed by atoms with Crippen molar-refractivity contribution in [3.63, 3.8) is 0 Å². The van der Waals surface area contributed by atoms with Gasteiger partial charge in [-0.15, -0.1) is 0 Å². The molecule has 0 aliphatic rings. The molecule has 61 heavy (non-hydrogen) atoms. The molecule has 0 spiro atoms. The minimum absolute atomic E-state index is 0. The van der Waals surface area contributed by atoms with Crippen LogP contribution in [0.2, 0.25) is 0 Å². The first-order valence-corrected chi connectivity index (χ1v) is 28.0. The largest absolute Gasteiger partial charge is 2.00 e. The van der Waals surface area contributed by atoms with Gasteiger partial charge in [-0.2, -0.15) is 0 Å². The van der Waals surface area contributed by atoms with E-state index in [0.717, 1.165) is 25.7 Å². The van der Waals surface area contributed by atoms with Crippen molar-refractivity contribution < 1.29 is 25.9 Å². The quantitative estimate of drug-likeness (QED) is 0.0374. The molecule has 6 nitrogen and oxygen atoms in total. The van der Waals surface area contributed by atoms with Crippen LogP contribution in [0.4, 0.5) is 0 Å². The standard InChI is InChI=1S/2C26H46O3S.Mg/c2*1-2-3-4-5-6-7-8-9-10-11-12-13-14-15-16-17-18-19-22-25-23-20-21-24-26(25)30(27,28)29;/h2*20-21,23-24H,2-19,22H2,1H3,(H,27,28,29);/q;;+2/p-2. The van der Waals surface area contributed by atoms with Gasteiger partial charge in [-0.25, -0.2) is 16.8 Å². The fraction of sp³-hybridized carbons (Fsp3) is 0.769. The third-order valence-electron chi connectivity index (χ3n) is 12.1. The van der Waals surface area contributed by atoms with Crippen molar-refractivity contribution in [1.82, 2.24) is 0 Å². The fourth-order valence-electron chi connectivity index (χ4n) is 8.34. The molecule has 0 fully saturated rings. The molecule has 0 bridgehead atoms. The summed E-state index contributed by atoms with van der Waals surface area (Å²) in [7, 11) is -8.71. The Morgan fingerprint density at radius 1 is 0.311 bits per heavy atom.